The van der Waals surface area contributed by atoms with Gasteiger partial charge in [-0.15, -0.1) is 11.3 Å². The molecule has 12 heteroatoms. The Hall–Kier alpha value is -1.86. The Morgan fingerprint density at radius 2 is 1.65 bits per heavy atom. The Balaban J connectivity index is 1.06. The van der Waals surface area contributed by atoms with E-state index in [0.29, 0.717) is 31.4 Å². The second kappa shape index (κ2) is 14.1. The molecule has 9 nitrogen and oxygen atoms in total. The number of nitrogens with zero attached hydrogens (tertiary/aromatic N) is 4. The van der Waals surface area contributed by atoms with Crippen molar-refractivity contribution in [2.24, 2.45) is 0 Å². The van der Waals surface area contributed by atoms with Gasteiger partial charge >= 0.3 is 12.1 Å². The lowest BCUT2D eigenvalue weighted by atomic mass is 9.98. The Kier molecular flexibility index (Phi) is 10.2. The summed E-state index contributed by atoms with van der Waals surface area (Å²) in [5, 5.41) is 10.5. The first-order valence-electron chi connectivity index (χ1n) is 15.7. The normalized spacial score (nSPS) is 21.9. The van der Waals surface area contributed by atoms with Gasteiger partial charge in [-0.1, -0.05) is 6.42 Å². The fourth-order valence-corrected chi connectivity index (χ4v) is 9.26. The molecule has 5 heterocycles. The number of hydrogen-bond donors (Lipinski definition) is 3. The number of hydrogen-bond acceptors (Lipinski definition) is 6. The maximum atomic E-state index is 13.6. The number of nitrogens with one attached hydrogen (secondary N) is 2. The standard InChI is InChI=1S/C31H43Br2N7O2S/c32-26-15-21(16-27(33)29(26)34)14-23(18-37-10-4-24(5-11-37)38-8-2-1-3-9-38)35-30(41)39-12-6-25(7-13-39)40-17-22-19-43-20-28(22)36-31(40)42/h15-16,19-20,23-25H,1-14,17-18,34H2,(H,35,41)(H,36,42)/t23-/m1/s1. The van der Waals surface area contributed by atoms with Crippen molar-refractivity contribution in [3.8, 4) is 0 Å². The molecule has 1 aromatic carbocycles. The van der Waals surface area contributed by atoms with Gasteiger partial charge < -0.3 is 36.0 Å². The second-order valence-electron chi connectivity index (χ2n) is 12.5. The van der Waals surface area contributed by atoms with Crippen LogP contribution in [-0.4, -0.2) is 95.6 Å². The number of halogens is 2. The Bertz CT molecular complexity index is 1260. The minimum Gasteiger partial charge on any atom is -0.397 e. The fraction of sp³-hybridized carbons (Fsp3) is 0.613. The van der Waals surface area contributed by atoms with Crippen LogP contribution in [0.15, 0.2) is 31.8 Å². The zero-order valence-electron chi connectivity index (χ0n) is 24.7. The molecule has 0 bridgehead atoms. The predicted molar refractivity (Wildman–Crippen MR) is 181 cm³/mol. The number of urea groups is 2. The maximum Gasteiger partial charge on any atom is 0.322 e. The number of likely N-dealkylation sites (tertiary alicyclic amines) is 3. The van der Waals surface area contributed by atoms with Gasteiger partial charge in [0.15, 0.2) is 0 Å². The van der Waals surface area contributed by atoms with E-state index in [1.165, 1.54) is 50.8 Å². The number of anilines is 2. The summed E-state index contributed by atoms with van der Waals surface area (Å²) in [6.45, 7) is 7.38. The molecule has 4 aliphatic heterocycles. The highest BCUT2D eigenvalue weighted by Gasteiger charge is 2.34. The largest absolute Gasteiger partial charge is 0.397 e. The predicted octanol–water partition coefficient (Wildman–Crippen LogP) is 5.94. The molecule has 1 aromatic heterocycles. The molecular formula is C31H43Br2N7O2S. The van der Waals surface area contributed by atoms with Crippen LogP contribution in [0.2, 0.25) is 0 Å². The Labute approximate surface area is 275 Å². The van der Waals surface area contributed by atoms with E-state index in [-0.39, 0.29) is 24.1 Å². The topological polar surface area (TPSA) is 97.2 Å². The SMILES string of the molecule is Nc1c(Br)cc(C[C@H](CN2CCC(N3CCCCC3)CC2)NC(=O)N2CCC(N3Cc4cscc4NC3=O)CC2)cc1Br. The highest BCUT2D eigenvalue weighted by molar-refractivity contribution is 9.11. The molecule has 3 fully saturated rings. The van der Waals surface area contributed by atoms with Gasteiger partial charge in [-0.05, 0) is 126 Å². The summed E-state index contributed by atoms with van der Waals surface area (Å²) >= 11 is 8.81. The van der Waals surface area contributed by atoms with Crippen LogP contribution in [0.4, 0.5) is 21.0 Å². The number of amides is 4. The average Bonchev–Trinajstić information content (AvgIpc) is 3.47. The van der Waals surface area contributed by atoms with Crippen molar-refractivity contribution in [2.45, 2.75) is 76.0 Å². The average molecular weight is 738 g/mol. The number of nitrogen functional groups attached to an aromatic ring is 1. The summed E-state index contributed by atoms with van der Waals surface area (Å²) in [6.07, 6.45) is 8.73. The molecule has 0 spiro atoms. The molecule has 0 radical (unpaired) electrons. The monoisotopic (exact) mass is 735 g/mol. The summed E-state index contributed by atoms with van der Waals surface area (Å²) in [5.74, 6) is 0. The summed E-state index contributed by atoms with van der Waals surface area (Å²) in [6, 6.07) is 4.90. The molecule has 4 amide bonds. The van der Waals surface area contributed by atoms with E-state index < -0.39 is 0 Å². The van der Waals surface area contributed by atoms with E-state index in [1.54, 1.807) is 11.3 Å². The number of rotatable bonds is 7. The Morgan fingerprint density at radius 3 is 2.35 bits per heavy atom. The number of carbonyl (C=O) groups excluding carboxylic acids is 2. The highest BCUT2D eigenvalue weighted by Crippen LogP contribution is 2.32. The first-order valence-corrected chi connectivity index (χ1v) is 18.2. The van der Waals surface area contributed by atoms with E-state index in [1.807, 2.05) is 15.2 Å². The Morgan fingerprint density at radius 1 is 0.977 bits per heavy atom. The van der Waals surface area contributed by atoms with Gasteiger partial charge in [0.05, 0.1) is 17.9 Å². The van der Waals surface area contributed by atoms with Gasteiger partial charge in [0.25, 0.3) is 0 Å². The second-order valence-corrected chi connectivity index (χ2v) is 15.0. The van der Waals surface area contributed by atoms with Crippen molar-refractivity contribution < 1.29 is 9.59 Å². The zero-order valence-corrected chi connectivity index (χ0v) is 28.7. The van der Waals surface area contributed by atoms with E-state index in [9.17, 15) is 9.59 Å². The van der Waals surface area contributed by atoms with Crippen molar-refractivity contribution in [2.75, 3.05) is 56.9 Å². The smallest absolute Gasteiger partial charge is 0.322 e. The van der Waals surface area contributed by atoms with Crippen LogP contribution in [0.1, 0.15) is 56.1 Å². The molecule has 3 saturated heterocycles. The van der Waals surface area contributed by atoms with Crippen molar-refractivity contribution in [1.29, 1.82) is 0 Å². The lowest BCUT2D eigenvalue weighted by molar-refractivity contribution is 0.0872. The number of carbonyl (C=O) groups is 2. The number of fused-ring (bicyclic) bond motifs is 1. The third kappa shape index (κ3) is 7.52. The summed E-state index contributed by atoms with van der Waals surface area (Å²) < 4.78 is 1.73. The zero-order chi connectivity index (χ0) is 29.9. The number of benzene rings is 1. The van der Waals surface area contributed by atoms with Crippen LogP contribution >= 0.6 is 43.2 Å². The molecule has 6 rings (SSSR count). The van der Waals surface area contributed by atoms with Crippen LogP contribution < -0.4 is 16.4 Å². The van der Waals surface area contributed by atoms with Crippen LogP contribution in [0.25, 0.3) is 0 Å². The molecule has 234 valence electrons. The third-order valence-electron chi connectivity index (χ3n) is 9.67. The fourth-order valence-electron chi connectivity index (χ4n) is 7.20. The molecule has 2 aromatic rings. The van der Waals surface area contributed by atoms with Gasteiger partial charge in [0.2, 0.25) is 0 Å². The molecule has 43 heavy (non-hydrogen) atoms. The van der Waals surface area contributed by atoms with Gasteiger partial charge in [0.1, 0.15) is 0 Å². The van der Waals surface area contributed by atoms with Gasteiger partial charge in [-0.3, -0.25) is 0 Å². The minimum absolute atomic E-state index is 0.0107. The third-order valence-corrected chi connectivity index (χ3v) is 11.8. The van der Waals surface area contributed by atoms with Gasteiger partial charge in [0, 0.05) is 57.6 Å². The number of nitrogens with two attached hydrogens (primary N) is 1. The van der Waals surface area contributed by atoms with Crippen LogP contribution in [0.3, 0.4) is 0 Å². The molecule has 0 aliphatic carbocycles. The van der Waals surface area contributed by atoms with Crippen molar-refractivity contribution in [1.82, 2.24) is 24.9 Å². The molecule has 1 atom stereocenters. The lowest BCUT2D eigenvalue weighted by Crippen LogP contribution is -2.55. The molecule has 0 unspecified atom stereocenters. The van der Waals surface area contributed by atoms with Crippen molar-refractivity contribution in [3.63, 3.8) is 0 Å². The van der Waals surface area contributed by atoms with Crippen molar-refractivity contribution >= 4 is 66.6 Å². The first-order chi connectivity index (χ1) is 20.8. The number of thiophene rings is 1. The lowest BCUT2D eigenvalue weighted by Gasteiger charge is -2.42. The van der Waals surface area contributed by atoms with Crippen molar-refractivity contribution in [3.05, 3.63) is 43.0 Å². The van der Waals surface area contributed by atoms with E-state index in [2.05, 4.69) is 69.8 Å². The van der Waals surface area contributed by atoms with E-state index in [0.717, 1.165) is 59.1 Å². The van der Waals surface area contributed by atoms with Crippen LogP contribution in [0, 0.1) is 0 Å². The van der Waals surface area contributed by atoms with E-state index in [4.69, 9.17) is 5.73 Å². The summed E-state index contributed by atoms with van der Waals surface area (Å²) in [5.41, 5.74) is 10.1. The van der Waals surface area contributed by atoms with E-state index >= 15 is 0 Å². The minimum atomic E-state index is -0.0289. The summed E-state index contributed by atoms with van der Waals surface area (Å²) in [7, 11) is 0. The van der Waals surface area contributed by atoms with Gasteiger partial charge in [-0.2, -0.15) is 0 Å². The van der Waals surface area contributed by atoms with Gasteiger partial charge in [-0.25, -0.2) is 9.59 Å². The summed E-state index contributed by atoms with van der Waals surface area (Å²) in [4.78, 5) is 35.5. The maximum absolute atomic E-state index is 13.6. The van der Waals surface area contributed by atoms with Crippen LogP contribution in [-0.2, 0) is 13.0 Å². The molecular weight excluding hydrogens is 694 g/mol. The molecule has 0 saturated carbocycles. The highest BCUT2D eigenvalue weighted by atomic mass is 79.9. The molecule has 4 aliphatic rings. The quantitative estimate of drug-likeness (QED) is 0.306. The molecule has 4 N–H and O–H groups in total. The first kappa shape index (κ1) is 31.1. The van der Waals surface area contributed by atoms with Crippen LogP contribution in [0.5, 0.6) is 0 Å². The number of piperidine rings is 3.